The standard InChI is InChI=1S/C9H12N4OS/c1-2-3-4-5-11-7-6(8(14)12-5)15-9(10)13-7/h2-4H2,1H3,(H3,10,11,12,13,14). The zero-order valence-corrected chi connectivity index (χ0v) is 9.23. The van der Waals surface area contributed by atoms with Crippen LogP contribution in [0.15, 0.2) is 4.79 Å². The maximum absolute atomic E-state index is 11.6. The van der Waals surface area contributed by atoms with Crippen LogP contribution < -0.4 is 11.3 Å². The largest absolute Gasteiger partial charge is 0.375 e. The van der Waals surface area contributed by atoms with Crippen LogP contribution in [0.3, 0.4) is 0 Å². The summed E-state index contributed by atoms with van der Waals surface area (Å²) in [7, 11) is 0. The molecule has 80 valence electrons. The predicted octanol–water partition coefficient (Wildman–Crippen LogP) is 1.30. The topological polar surface area (TPSA) is 84.7 Å². The first kappa shape index (κ1) is 10.1. The molecule has 15 heavy (non-hydrogen) atoms. The van der Waals surface area contributed by atoms with Gasteiger partial charge in [0.1, 0.15) is 10.5 Å². The maximum Gasteiger partial charge on any atom is 0.270 e. The van der Waals surface area contributed by atoms with Crippen molar-refractivity contribution in [2.45, 2.75) is 26.2 Å². The fourth-order valence-corrected chi connectivity index (χ4v) is 2.03. The van der Waals surface area contributed by atoms with E-state index in [2.05, 4.69) is 21.9 Å². The Morgan fingerprint density at radius 3 is 3.00 bits per heavy atom. The van der Waals surface area contributed by atoms with Gasteiger partial charge in [0.2, 0.25) is 0 Å². The van der Waals surface area contributed by atoms with Gasteiger partial charge in [0.15, 0.2) is 10.8 Å². The van der Waals surface area contributed by atoms with E-state index in [1.807, 2.05) is 0 Å². The number of nitrogens with zero attached hydrogens (tertiary/aromatic N) is 2. The lowest BCUT2D eigenvalue weighted by Crippen LogP contribution is -2.10. The molecule has 0 bridgehead atoms. The molecule has 5 nitrogen and oxygen atoms in total. The highest BCUT2D eigenvalue weighted by Crippen LogP contribution is 2.18. The molecule has 2 heterocycles. The number of rotatable bonds is 3. The Morgan fingerprint density at radius 2 is 2.27 bits per heavy atom. The number of anilines is 1. The lowest BCUT2D eigenvalue weighted by Gasteiger charge is -1.97. The first-order valence-electron chi connectivity index (χ1n) is 4.86. The van der Waals surface area contributed by atoms with Crippen molar-refractivity contribution in [3.63, 3.8) is 0 Å². The molecule has 2 aromatic heterocycles. The second kappa shape index (κ2) is 3.98. The normalized spacial score (nSPS) is 11.0. The van der Waals surface area contributed by atoms with Crippen molar-refractivity contribution in [1.82, 2.24) is 15.0 Å². The van der Waals surface area contributed by atoms with Gasteiger partial charge >= 0.3 is 0 Å². The van der Waals surface area contributed by atoms with Crippen LogP contribution in [0.2, 0.25) is 0 Å². The molecule has 2 rings (SSSR count). The fourth-order valence-electron chi connectivity index (χ4n) is 1.36. The van der Waals surface area contributed by atoms with Crippen LogP contribution in [0, 0.1) is 0 Å². The summed E-state index contributed by atoms with van der Waals surface area (Å²) in [6, 6.07) is 0. The Hall–Kier alpha value is -1.43. The van der Waals surface area contributed by atoms with Gasteiger partial charge in [0, 0.05) is 6.42 Å². The molecule has 0 aliphatic carbocycles. The number of thiazole rings is 1. The number of nitrogen functional groups attached to an aromatic ring is 1. The molecule has 0 saturated carbocycles. The molecule has 0 spiro atoms. The molecule has 0 saturated heterocycles. The average molecular weight is 224 g/mol. The monoisotopic (exact) mass is 224 g/mol. The summed E-state index contributed by atoms with van der Waals surface area (Å²) in [6.07, 6.45) is 2.86. The molecule has 0 amide bonds. The van der Waals surface area contributed by atoms with Crippen LogP contribution in [0.5, 0.6) is 0 Å². The van der Waals surface area contributed by atoms with Crippen LogP contribution >= 0.6 is 11.3 Å². The van der Waals surface area contributed by atoms with Gasteiger partial charge in [0.05, 0.1) is 0 Å². The zero-order chi connectivity index (χ0) is 10.8. The molecule has 0 radical (unpaired) electrons. The molecule has 0 aliphatic heterocycles. The summed E-state index contributed by atoms with van der Waals surface area (Å²) in [6.45, 7) is 2.09. The Labute approximate surface area is 90.4 Å². The maximum atomic E-state index is 11.6. The number of aromatic amines is 1. The third kappa shape index (κ3) is 1.99. The number of hydrogen-bond donors (Lipinski definition) is 2. The summed E-state index contributed by atoms with van der Waals surface area (Å²) >= 11 is 1.17. The van der Waals surface area contributed by atoms with Crippen LogP contribution in [0.1, 0.15) is 25.6 Å². The van der Waals surface area contributed by atoms with Crippen molar-refractivity contribution >= 4 is 26.8 Å². The van der Waals surface area contributed by atoms with Crippen LogP contribution in [0.25, 0.3) is 10.3 Å². The molecule has 0 fully saturated rings. The molecule has 3 N–H and O–H groups in total. The number of H-pyrrole nitrogens is 1. The number of aromatic nitrogens is 3. The Kier molecular flexibility index (Phi) is 2.68. The van der Waals surface area contributed by atoms with Crippen molar-refractivity contribution in [2.24, 2.45) is 0 Å². The Balaban J connectivity index is 2.47. The van der Waals surface area contributed by atoms with E-state index < -0.39 is 0 Å². The Morgan fingerprint density at radius 1 is 1.47 bits per heavy atom. The number of fused-ring (bicyclic) bond motifs is 1. The van der Waals surface area contributed by atoms with Gasteiger partial charge in [-0.25, -0.2) is 9.97 Å². The summed E-state index contributed by atoms with van der Waals surface area (Å²) in [5, 5.41) is 0.385. The number of unbranched alkanes of at least 4 members (excludes halogenated alkanes) is 1. The van der Waals surface area contributed by atoms with E-state index in [1.165, 1.54) is 11.3 Å². The molecule has 6 heteroatoms. The van der Waals surface area contributed by atoms with Gasteiger partial charge in [-0.15, -0.1) is 0 Å². The molecule has 0 aromatic carbocycles. The smallest absolute Gasteiger partial charge is 0.270 e. The van der Waals surface area contributed by atoms with Crippen LogP contribution in [-0.2, 0) is 6.42 Å². The van der Waals surface area contributed by atoms with Gasteiger partial charge in [-0.05, 0) is 6.42 Å². The van der Waals surface area contributed by atoms with E-state index in [1.54, 1.807) is 0 Å². The first-order valence-corrected chi connectivity index (χ1v) is 5.67. The molecule has 0 unspecified atom stereocenters. The minimum absolute atomic E-state index is 0.139. The number of aryl methyl sites for hydroxylation is 1. The highest BCUT2D eigenvalue weighted by atomic mass is 32.1. The second-order valence-electron chi connectivity index (χ2n) is 3.32. The van der Waals surface area contributed by atoms with Crippen molar-refractivity contribution < 1.29 is 0 Å². The van der Waals surface area contributed by atoms with Crippen molar-refractivity contribution in [3.8, 4) is 0 Å². The average Bonchev–Trinajstić information content (AvgIpc) is 2.56. The lowest BCUT2D eigenvalue weighted by atomic mass is 10.2. The fraction of sp³-hybridized carbons (Fsp3) is 0.444. The van der Waals surface area contributed by atoms with Gasteiger partial charge in [-0.1, -0.05) is 24.7 Å². The third-order valence-electron chi connectivity index (χ3n) is 2.10. The summed E-state index contributed by atoms with van der Waals surface area (Å²) < 4.78 is 0.507. The highest BCUT2D eigenvalue weighted by Gasteiger charge is 2.08. The number of hydrogen-bond acceptors (Lipinski definition) is 5. The second-order valence-corrected chi connectivity index (χ2v) is 4.35. The van der Waals surface area contributed by atoms with E-state index >= 15 is 0 Å². The van der Waals surface area contributed by atoms with E-state index in [0.717, 1.165) is 19.3 Å². The number of nitrogens with two attached hydrogens (primary N) is 1. The first-order chi connectivity index (χ1) is 7.20. The Bertz CT molecular complexity index is 530. The lowest BCUT2D eigenvalue weighted by molar-refractivity contribution is 0.753. The van der Waals surface area contributed by atoms with E-state index in [9.17, 15) is 4.79 Å². The van der Waals surface area contributed by atoms with Gasteiger partial charge in [-0.2, -0.15) is 0 Å². The van der Waals surface area contributed by atoms with Crippen LogP contribution in [-0.4, -0.2) is 15.0 Å². The van der Waals surface area contributed by atoms with E-state index in [-0.39, 0.29) is 5.56 Å². The SMILES string of the molecule is CCCCc1nc2nc(N)sc2c(=O)[nH]1. The van der Waals surface area contributed by atoms with Crippen molar-refractivity contribution in [1.29, 1.82) is 0 Å². The van der Waals surface area contributed by atoms with Gasteiger partial charge < -0.3 is 10.7 Å². The summed E-state index contributed by atoms with van der Waals surface area (Å²) in [5.74, 6) is 0.694. The molecular formula is C9H12N4OS. The molecular weight excluding hydrogens is 212 g/mol. The minimum atomic E-state index is -0.139. The van der Waals surface area contributed by atoms with Crippen molar-refractivity contribution in [2.75, 3.05) is 5.73 Å². The predicted molar refractivity (Wildman–Crippen MR) is 61.1 cm³/mol. The van der Waals surface area contributed by atoms with Gasteiger partial charge in [-0.3, -0.25) is 4.79 Å². The quantitative estimate of drug-likeness (QED) is 0.823. The molecule has 0 aliphatic rings. The minimum Gasteiger partial charge on any atom is -0.375 e. The van der Waals surface area contributed by atoms with E-state index in [4.69, 9.17) is 5.73 Å². The number of nitrogens with one attached hydrogen (secondary N) is 1. The molecule has 0 atom stereocenters. The zero-order valence-electron chi connectivity index (χ0n) is 8.41. The summed E-state index contributed by atoms with van der Waals surface area (Å²) in [5.41, 5.74) is 5.85. The van der Waals surface area contributed by atoms with E-state index in [0.29, 0.717) is 21.3 Å². The van der Waals surface area contributed by atoms with Crippen LogP contribution in [0.4, 0.5) is 5.13 Å². The van der Waals surface area contributed by atoms with Gasteiger partial charge in [0.25, 0.3) is 5.56 Å². The summed E-state index contributed by atoms with van der Waals surface area (Å²) in [4.78, 5) is 22.6. The highest BCUT2D eigenvalue weighted by molar-refractivity contribution is 7.21. The van der Waals surface area contributed by atoms with Crippen molar-refractivity contribution in [3.05, 3.63) is 16.2 Å². The molecule has 2 aromatic rings. The third-order valence-corrected chi connectivity index (χ3v) is 2.97.